The zero-order valence-electron chi connectivity index (χ0n) is 23.5. The Morgan fingerprint density at radius 3 is 2.57 bits per heavy atom. The van der Waals surface area contributed by atoms with E-state index >= 15 is 0 Å². The summed E-state index contributed by atoms with van der Waals surface area (Å²) >= 11 is 0. The average molecular weight is 585 g/mol. The maximum Gasteiger partial charge on any atom is 0.324 e. The number of carbonyl (C=O) groups is 2. The van der Waals surface area contributed by atoms with Crippen LogP contribution in [-0.4, -0.2) is 42.9 Å². The van der Waals surface area contributed by atoms with Gasteiger partial charge in [-0.1, -0.05) is 37.6 Å². The van der Waals surface area contributed by atoms with Crippen LogP contribution in [0.25, 0.3) is 16.8 Å². The molecule has 0 saturated heterocycles. The largest absolute Gasteiger partial charge is 0.348 e. The Kier molecular flexibility index (Phi) is 7.19. The topological polar surface area (TPSA) is 125 Å². The van der Waals surface area contributed by atoms with E-state index in [0.717, 1.165) is 52.9 Å². The van der Waals surface area contributed by atoms with Gasteiger partial charge in [0.25, 0.3) is 5.91 Å². The predicted molar refractivity (Wildman–Crippen MR) is 164 cm³/mol. The monoisotopic (exact) mass is 584 g/mol. The van der Waals surface area contributed by atoms with Crippen LogP contribution in [0, 0.1) is 0 Å². The minimum atomic E-state index is -3.35. The van der Waals surface area contributed by atoms with E-state index in [-0.39, 0.29) is 5.91 Å². The Balaban J connectivity index is 1.21. The number of nitrogens with one attached hydrogen (secondary N) is 3. The number of hydrogen-bond donors (Lipinski definition) is 3. The Bertz CT molecular complexity index is 1800. The number of amides is 3. The summed E-state index contributed by atoms with van der Waals surface area (Å²) in [4.78, 5) is 25.1. The maximum atomic E-state index is 13.1. The number of fused-ring (bicyclic) bond motifs is 2. The van der Waals surface area contributed by atoms with E-state index in [1.807, 2.05) is 60.7 Å². The summed E-state index contributed by atoms with van der Waals surface area (Å²) < 4.78 is 27.4. The van der Waals surface area contributed by atoms with Crippen LogP contribution in [0.1, 0.15) is 46.9 Å². The van der Waals surface area contributed by atoms with E-state index in [4.69, 9.17) is 5.10 Å². The predicted octanol–water partition coefficient (Wildman–Crippen LogP) is 5.09. The third-order valence-corrected chi connectivity index (χ3v) is 8.83. The molecule has 42 heavy (non-hydrogen) atoms. The first kappa shape index (κ1) is 27.5. The summed E-state index contributed by atoms with van der Waals surface area (Å²) in [5.74, 6) is 0.458. The van der Waals surface area contributed by atoms with Crippen LogP contribution >= 0.6 is 0 Å². The molecule has 0 spiro atoms. The lowest BCUT2D eigenvalue weighted by Gasteiger charge is -2.17. The van der Waals surface area contributed by atoms with Crippen LogP contribution in [0.15, 0.2) is 66.7 Å². The zero-order chi connectivity index (χ0) is 29.4. The van der Waals surface area contributed by atoms with Gasteiger partial charge in [-0.2, -0.15) is 5.10 Å². The van der Waals surface area contributed by atoms with Gasteiger partial charge < -0.3 is 10.6 Å². The molecule has 0 fully saturated rings. The first-order chi connectivity index (χ1) is 20.2. The summed E-state index contributed by atoms with van der Waals surface area (Å²) in [5.41, 5.74) is 7.44. The molecule has 3 N–H and O–H groups in total. The highest BCUT2D eigenvalue weighted by Gasteiger charge is 2.27. The number of hydrogen-bond acceptors (Lipinski definition) is 5. The molecule has 0 radical (unpaired) electrons. The average Bonchev–Trinajstić information content (AvgIpc) is 3.68. The Hall–Kier alpha value is -4.64. The van der Waals surface area contributed by atoms with E-state index in [1.165, 1.54) is 10.6 Å². The molecule has 2 aliphatic heterocycles. The molecule has 2 aliphatic rings. The lowest BCUT2D eigenvalue weighted by Crippen LogP contribution is -2.27. The molecule has 0 atom stereocenters. The Labute approximate surface area is 244 Å². The van der Waals surface area contributed by atoms with E-state index < -0.39 is 16.1 Å². The van der Waals surface area contributed by atoms with Crippen LogP contribution < -0.4 is 20.3 Å². The number of urea groups is 1. The van der Waals surface area contributed by atoms with Gasteiger partial charge in [-0.05, 0) is 77.9 Å². The highest BCUT2D eigenvalue weighted by Crippen LogP contribution is 2.33. The summed E-state index contributed by atoms with van der Waals surface area (Å²) in [6, 6.07) is 20.2. The first-order valence-corrected chi connectivity index (χ1v) is 15.8. The van der Waals surface area contributed by atoms with Gasteiger partial charge in [0.2, 0.25) is 10.0 Å². The van der Waals surface area contributed by atoms with Gasteiger partial charge in [0.15, 0.2) is 0 Å². The second-order valence-corrected chi connectivity index (χ2v) is 12.5. The molecule has 0 aliphatic carbocycles. The molecule has 4 aromatic rings. The highest BCUT2D eigenvalue weighted by atomic mass is 32.2. The molecule has 0 saturated carbocycles. The van der Waals surface area contributed by atoms with Crippen molar-refractivity contribution in [2.45, 2.75) is 39.2 Å². The van der Waals surface area contributed by atoms with Crippen molar-refractivity contribution in [3.63, 3.8) is 0 Å². The van der Waals surface area contributed by atoms with Gasteiger partial charge >= 0.3 is 6.03 Å². The van der Waals surface area contributed by atoms with Gasteiger partial charge in [0, 0.05) is 30.4 Å². The fourth-order valence-corrected chi connectivity index (χ4v) is 6.52. The van der Waals surface area contributed by atoms with Gasteiger partial charge in [0.1, 0.15) is 5.82 Å². The molecule has 6 rings (SSSR count). The normalized spacial score (nSPS) is 14.0. The molecule has 216 valence electrons. The quantitative estimate of drug-likeness (QED) is 0.266. The number of aromatic nitrogens is 2. The number of unbranched alkanes of at least 4 members (excludes halogenated alkanes) is 1. The second kappa shape index (κ2) is 11.0. The number of nitrogens with zero attached hydrogens (tertiary/aromatic N) is 3. The SMILES string of the molecule is CCCCc1cc(NC(=O)Nc2ccc(-c3cccc4c3CNC4=O)cc2)n(-c2ccc3c(c2)CCN3S(C)(=O)=O)n1. The van der Waals surface area contributed by atoms with Crippen molar-refractivity contribution >= 4 is 39.2 Å². The minimum absolute atomic E-state index is 0.0605. The van der Waals surface area contributed by atoms with Gasteiger partial charge in [-0.25, -0.2) is 17.9 Å². The van der Waals surface area contributed by atoms with Gasteiger partial charge in [-0.3, -0.25) is 14.4 Å². The number of carbonyl (C=O) groups excluding carboxylic acids is 2. The number of rotatable bonds is 8. The molecule has 1 aromatic heterocycles. The molecule has 0 bridgehead atoms. The summed E-state index contributed by atoms with van der Waals surface area (Å²) in [5, 5.41) is 13.5. The van der Waals surface area contributed by atoms with Crippen molar-refractivity contribution in [2.24, 2.45) is 0 Å². The van der Waals surface area contributed by atoms with Crippen molar-refractivity contribution in [3.8, 4) is 16.8 Å². The smallest absolute Gasteiger partial charge is 0.324 e. The lowest BCUT2D eigenvalue weighted by atomic mass is 9.97. The standard InChI is InChI=1S/C31H32N6O4S/c1-3-4-6-23-18-29(37(35-23)24-13-14-28-21(17-24)15-16-36(28)42(2,40)41)34-31(39)33-22-11-9-20(10-12-22)25-7-5-8-26-27(25)19-32-30(26)38/h5,7-14,17-18H,3-4,6,15-16,19H2,1-2H3,(H,32,38)(H2,33,34,39). The molecule has 10 nitrogen and oxygen atoms in total. The second-order valence-electron chi connectivity index (χ2n) is 10.6. The molecule has 3 aromatic carbocycles. The van der Waals surface area contributed by atoms with E-state index in [0.29, 0.717) is 42.3 Å². The van der Waals surface area contributed by atoms with Gasteiger partial charge in [-0.15, -0.1) is 0 Å². The lowest BCUT2D eigenvalue weighted by molar-refractivity contribution is 0.0965. The fourth-order valence-electron chi connectivity index (χ4n) is 5.57. The van der Waals surface area contributed by atoms with Crippen molar-refractivity contribution in [1.29, 1.82) is 0 Å². The number of benzene rings is 3. The first-order valence-electron chi connectivity index (χ1n) is 14.0. The molecular formula is C31H32N6O4S. The minimum Gasteiger partial charge on any atom is -0.348 e. The van der Waals surface area contributed by atoms with Crippen molar-refractivity contribution < 1.29 is 18.0 Å². The fraction of sp³-hybridized carbons (Fsp3) is 0.258. The van der Waals surface area contributed by atoms with Crippen LogP contribution in [0.4, 0.5) is 22.0 Å². The number of sulfonamides is 1. The van der Waals surface area contributed by atoms with E-state index in [2.05, 4.69) is 22.9 Å². The molecule has 0 unspecified atom stereocenters. The Morgan fingerprint density at radius 2 is 1.81 bits per heavy atom. The van der Waals surface area contributed by atoms with E-state index in [1.54, 1.807) is 10.7 Å². The number of aryl methyl sites for hydroxylation is 1. The van der Waals surface area contributed by atoms with Crippen molar-refractivity contribution in [1.82, 2.24) is 15.1 Å². The molecule has 3 amide bonds. The van der Waals surface area contributed by atoms with Gasteiger partial charge in [0.05, 0.1) is 23.3 Å². The number of anilines is 3. The van der Waals surface area contributed by atoms with Crippen LogP contribution in [0.2, 0.25) is 0 Å². The van der Waals surface area contributed by atoms with Crippen LogP contribution in [0.3, 0.4) is 0 Å². The third kappa shape index (κ3) is 5.35. The van der Waals surface area contributed by atoms with Crippen molar-refractivity contribution in [3.05, 3.63) is 89.1 Å². The zero-order valence-corrected chi connectivity index (χ0v) is 24.3. The third-order valence-electron chi connectivity index (χ3n) is 7.65. The maximum absolute atomic E-state index is 13.1. The summed E-state index contributed by atoms with van der Waals surface area (Å²) in [7, 11) is -3.35. The molecular weight excluding hydrogens is 552 g/mol. The summed E-state index contributed by atoms with van der Waals surface area (Å²) in [6.07, 6.45) is 4.59. The van der Waals surface area contributed by atoms with Crippen molar-refractivity contribution in [2.75, 3.05) is 27.7 Å². The molecule has 11 heteroatoms. The summed E-state index contributed by atoms with van der Waals surface area (Å²) in [6.45, 7) is 3.03. The van der Waals surface area contributed by atoms with E-state index in [9.17, 15) is 18.0 Å². The molecule has 3 heterocycles. The highest BCUT2D eigenvalue weighted by molar-refractivity contribution is 7.92. The Morgan fingerprint density at radius 1 is 1.02 bits per heavy atom. The van der Waals surface area contributed by atoms with Crippen LogP contribution in [0.5, 0.6) is 0 Å². The van der Waals surface area contributed by atoms with Crippen LogP contribution in [-0.2, 0) is 29.4 Å².